The van der Waals surface area contributed by atoms with Crippen LogP contribution in [0.15, 0.2) is 36.5 Å². The van der Waals surface area contributed by atoms with Gasteiger partial charge in [0.1, 0.15) is 13.2 Å². The predicted molar refractivity (Wildman–Crippen MR) is 238 cm³/mol. The van der Waals surface area contributed by atoms with Crippen molar-refractivity contribution in [3.63, 3.8) is 0 Å². The molecule has 0 bridgehead atoms. The highest BCUT2D eigenvalue weighted by molar-refractivity contribution is 5.71. The van der Waals surface area contributed by atoms with E-state index in [4.69, 9.17) is 14.2 Å². The largest absolute Gasteiger partial charge is 0.462 e. The van der Waals surface area contributed by atoms with Crippen LogP contribution < -0.4 is 0 Å². The van der Waals surface area contributed by atoms with Gasteiger partial charge in [0.05, 0.1) is 0 Å². The first-order valence-electron chi connectivity index (χ1n) is 24.0. The molecule has 6 heteroatoms. The third kappa shape index (κ3) is 42.8. The zero-order valence-corrected chi connectivity index (χ0v) is 37.2. The quantitative estimate of drug-likeness (QED) is 0.0265. The summed E-state index contributed by atoms with van der Waals surface area (Å²) in [6, 6.07) is 0. The van der Waals surface area contributed by atoms with E-state index in [1.165, 1.54) is 122 Å². The highest BCUT2D eigenvalue weighted by Gasteiger charge is 2.19. The lowest BCUT2D eigenvalue weighted by Gasteiger charge is -2.18. The van der Waals surface area contributed by atoms with Crippen molar-refractivity contribution in [3.8, 4) is 0 Å². The van der Waals surface area contributed by atoms with Gasteiger partial charge in [-0.3, -0.25) is 14.4 Å². The van der Waals surface area contributed by atoms with Gasteiger partial charge in [0.25, 0.3) is 0 Å². The summed E-state index contributed by atoms with van der Waals surface area (Å²) in [6.07, 6.45) is 51.3. The number of allylic oxidation sites excluding steroid dienone is 6. The molecule has 0 radical (unpaired) electrons. The molecule has 0 aliphatic carbocycles. The number of esters is 3. The summed E-state index contributed by atoms with van der Waals surface area (Å²) in [4.78, 5) is 37.7. The van der Waals surface area contributed by atoms with Crippen LogP contribution in [-0.2, 0) is 28.6 Å². The molecule has 0 N–H and O–H groups in total. The zero-order chi connectivity index (χ0) is 40.8. The minimum Gasteiger partial charge on any atom is -0.462 e. The maximum Gasteiger partial charge on any atom is 0.306 e. The molecule has 0 saturated carbocycles. The van der Waals surface area contributed by atoms with Crippen molar-refractivity contribution in [2.45, 2.75) is 252 Å². The van der Waals surface area contributed by atoms with Crippen molar-refractivity contribution in [1.29, 1.82) is 0 Å². The Morgan fingerprint density at radius 1 is 0.357 bits per heavy atom. The van der Waals surface area contributed by atoms with Gasteiger partial charge in [-0.05, 0) is 77.0 Å². The van der Waals surface area contributed by atoms with E-state index in [2.05, 4.69) is 57.2 Å². The van der Waals surface area contributed by atoms with Crippen LogP contribution in [0.2, 0.25) is 0 Å². The van der Waals surface area contributed by atoms with Crippen LogP contribution >= 0.6 is 0 Å². The average Bonchev–Trinajstić information content (AvgIpc) is 3.19. The van der Waals surface area contributed by atoms with Crippen LogP contribution in [0, 0.1) is 0 Å². The van der Waals surface area contributed by atoms with E-state index in [9.17, 15) is 14.4 Å². The minimum absolute atomic E-state index is 0.0765. The summed E-state index contributed by atoms with van der Waals surface area (Å²) < 4.78 is 16.7. The lowest BCUT2D eigenvalue weighted by Crippen LogP contribution is -2.30. The summed E-state index contributed by atoms with van der Waals surface area (Å²) in [7, 11) is 0. The van der Waals surface area contributed by atoms with Gasteiger partial charge in [0.15, 0.2) is 6.10 Å². The lowest BCUT2D eigenvalue weighted by molar-refractivity contribution is -0.167. The van der Waals surface area contributed by atoms with Crippen molar-refractivity contribution in [1.82, 2.24) is 0 Å². The second-order valence-corrected chi connectivity index (χ2v) is 16.0. The summed E-state index contributed by atoms with van der Waals surface area (Å²) in [5, 5.41) is 0. The van der Waals surface area contributed by atoms with E-state index in [0.29, 0.717) is 19.3 Å². The smallest absolute Gasteiger partial charge is 0.306 e. The molecule has 0 aliphatic rings. The Kier molecular flexibility index (Phi) is 43.4. The molecule has 56 heavy (non-hydrogen) atoms. The minimum atomic E-state index is -0.773. The van der Waals surface area contributed by atoms with Gasteiger partial charge in [-0.25, -0.2) is 0 Å². The Morgan fingerprint density at radius 2 is 0.643 bits per heavy atom. The van der Waals surface area contributed by atoms with Gasteiger partial charge in [-0.2, -0.15) is 0 Å². The van der Waals surface area contributed by atoms with E-state index in [1.807, 2.05) is 0 Å². The van der Waals surface area contributed by atoms with Crippen LogP contribution in [0.4, 0.5) is 0 Å². The standard InChI is InChI=1S/C50H90O6/c1-4-7-10-13-16-19-21-23-24-25-26-27-28-30-31-34-37-40-43-49(52)55-46-47(45-54-48(51)42-39-36-33-18-15-12-9-6-3)56-50(53)44-41-38-35-32-29-22-20-17-14-11-8-5-2/h17,19-21,24-25,47H,4-16,18,22-23,26-46H2,1-3H3/b20-17-,21-19-,25-24-. The van der Waals surface area contributed by atoms with Crippen LogP contribution in [-0.4, -0.2) is 37.2 Å². The third-order valence-electron chi connectivity index (χ3n) is 10.4. The fourth-order valence-corrected chi connectivity index (χ4v) is 6.70. The summed E-state index contributed by atoms with van der Waals surface area (Å²) >= 11 is 0. The molecule has 0 spiro atoms. The van der Waals surface area contributed by atoms with Crippen LogP contribution in [0.1, 0.15) is 245 Å². The molecule has 0 aromatic carbocycles. The molecule has 326 valence electrons. The molecule has 0 fully saturated rings. The number of carbonyl (C=O) groups excluding carboxylic acids is 3. The number of hydrogen-bond acceptors (Lipinski definition) is 6. The lowest BCUT2D eigenvalue weighted by atomic mass is 10.1. The van der Waals surface area contributed by atoms with Gasteiger partial charge < -0.3 is 14.2 Å². The van der Waals surface area contributed by atoms with Crippen LogP contribution in [0.25, 0.3) is 0 Å². The topological polar surface area (TPSA) is 78.9 Å². The number of carbonyl (C=O) groups is 3. The molecule has 1 unspecified atom stereocenters. The fraction of sp³-hybridized carbons (Fsp3) is 0.820. The number of ether oxygens (including phenoxy) is 3. The van der Waals surface area contributed by atoms with Crippen LogP contribution in [0.5, 0.6) is 0 Å². The summed E-state index contributed by atoms with van der Waals surface area (Å²) in [5.41, 5.74) is 0. The fourth-order valence-electron chi connectivity index (χ4n) is 6.70. The molecule has 0 heterocycles. The Bertz CT molecular complexity index is 953. The van der Waals surface area contributed by atoms with E-state index in [0.717, 1.165) is 83.5 Å². The molecular formula is C50H90O6. The Labute approximate surface area is 346 Å². The normalized spacial score (nSPS) is 12.3. The van der Waals surface area contributed by atoms with Crippen molar-refractivity contribution >= 4 is 17.9 Å². The molecule has 0 aliphatic heterocycles. The van der Waals surface area contributed by atoms with E-state index in [-0.39, 0.29) is 31.1 Å². The van der Waals surface area contributed by atoms with E-state index >= 15 is 0 Å². The number of hydrogen-bond donors (Lipinski definition) is 0. The summed E-state index contributed by atoms with van der Waals surface area (Å²) in [6.45, 7) is 6.56. The maximum absolute atomic E-state index is 12.7. The molecule has 0 aromatic heterocycles. The molecule has 6 nitrogen and oxygen atoms in total. The van der Waals surface area contributed by atoms with E-state index in [1.54, 1.807) is 0 Å². The number of unbranched alkanes of at least 4 members (excludes halogenated alkanes) is 26. The highest BCUT2D eigenvalue weighted by Crippen LogP contribution is 2.14. The number of rotatable bonds is 43. The maximum atomic E-state index is 12.7. The molecule has 0 rings (SSSR count). The Morgan fingerprint density at radius 3 is 1.05 bits per heavy atom. The Balaban J connectivity index is 4.30. The third-order valence-corrected chi connectivity index (χ3v) is 10.4. The van der Waals surface area contributed by atoms with Gasteiger partial charge in [-0.1, -0.05) is 186 Å². The van der Waals surface area contributed by atoms with Crippen molar-refractivity contribution < 1.29 is 28.6 Å². The van der Waals surface area contributed by atoms with Gasteiger partial charge in [0.2, 0.25) is 0 Å². The predicted octanol–water partition coefficient (Wildman–Crippen LogP) is 15.4. The molecule has 0 saturated heterocycles. The van der Waals surface area contributed by atoms with E-state index < -0.39 is 6.10 Å². The van der Waals surface area contributed by atoms with Gasteiger partial charge in [-0.15, -0.1) is 0 Å². The second-order valence-electron chi connectivity index (χ2n) is 16.0. The SMILES string of the molecule is CCCCC/C=C\CCCCCCCC(=O)OC(COC(=O)CCCCCCCCCC)COC(=O)CCCCCCCCC/C=C\C/C=C\CCCCCC. The molecule has 0 aromatic rings. The average molecular weight is 787 g/mol. The molecular weight excluding hydrogens is 697 g/mol. The molecule has 0 amide bonds. The summed E-state index contributed by atoms with van der Waals surface area (Å²) in [5.74, 6) is -0.894. The zero-order valence-electron chi connectivity index (χ0n) is 37.2. The van der Waals surface area contributed by atoms with Crippen molar-refractivity contribution in [3.05, 3.63) is 36.5 Å². The van der Waals surface area contributed by atoms with Gasteiger partial charge in [0, 0.05) is 19.3 Å². The van der Waals surface area contributed by atoms with Gasteiger partial charge >= 0.3 is 17.9 Å². The monoisotopic (exact) mass is 787 g/mol. The highest BCUT2D eigenvalue weighted by atomic mass is 16.6. The second kappa shape index (κ2) is 45.3. The first kappa shape index (κ1) is 53.6. The van der Waals surface area contributed by atoms with Crippen molar-refractivity contribution in [2.24, 2.45) is 0 Å². The van der Waals surface area contributed by atoms with Crippen LogP contribution in [0.3, 0.4) is 0 Å². The molecule has 1 atom stereocenters. The Hall–Kier alpha value is -2.37. The first-order chi connectivity index (χ1) is 27.5. The van der Waals surface area contributed by atoms with Crippen molar-refractivity contribution in [2.75, 3.05) is 13.2 Å². The first-order valence-corrected chi connectivity index (χ1v) is 24.0.